The first-order valence-electron chi connectivity index (χ1n) is 5.91. The molecule has 2 rings (SSSR count). The number of hydrogen-bond donors (Lipinski definition) is 1. The largest absolute Gasteiger partial charge is 0.376 e. The van der Waals surface area contributed by atoms with Crippen LogP contribution < -0.4 is 5.32 Å². The first-order chi connectivity index (χ1) is 8.95. The monoisotopic (exact) mass is 325 g/mol. The van der Waals surface area contributed by atoms with Crippen molar-refractivity contribution in [1.29, 1.82) is 0 Å². The Hall–Kier alpha value is -1.42. The highest BCUT2D eigenvalue weighted by Gasteiger charge is 2.10. The molecule has 1 nitrogen and oxygen atoms in total. The minimum absolute atomic E-state index is 0.0950. The third kappa shape index (κ3) is 3.53. The van der Waals surface area contributed by atoms with E-state index >= 15 is 0 Å². The summed E-state index contributed by atoms with van der Waals surface area (Å²) >= 11 is 3.05. The molecular weight excluding hydrogens is 312 g/mol. The highest BCUT2D eigenvalue weighted by Crippen LogP contribution is 2.24. The molecule has 2 aromatic rings. The van der Waals surface area contributed by atoms with E-state index in [-0.39, 0.29) is 5.69 Å². The molecule has 4 heteroatoms. The lowest BCUT2D eigenvalue weighted by atomic mass is 10.1. The summed E-state index contributed by atoms with van der Waals surface area (Å²) in [7, 11) is 0. The maximum atomic E-state index is 13.6. The summed E-state index contributed by atoms with van der Waals surface area (Å²) in [4.78, 5) is 0. The molecule has 0 atom stereocenters. The fraction of sp³-hybridized carbons (Fsp3) is 0.200. The molecule has 0 aromatic heterocycles. The second kappa shape index (κ2) is 5.70. The first-order valence-corrected chi connectivity index (χ1v) is 6.70. The van der Waals surface area contributed by atoms with Gasteiger partial charge < -0.3 is 5.32 Å². The van der Waals surface area contributed by atoms with Gasteiger partial charge in [-0.2, -0.15) is 0 Å². The molecule has 1 N–H and O–H groups in total. The Bertz CT molecular complexity index is 568. The van der Waals surface area contributed by atoms with E-state index in [1.165, 1.54) is 12.1 Å². The summed E-state index contributed by atoms with van der Waals surface area (Å²) in [6, 6.07) is 8.54. The summed E-state index contributed by atoms with van der Waals surface area (Å²) in [5.74, 6) is -1.20. The standard InChI is InChI=1S/C15H14BrF2N/c1-9-3-10(2)5-11(4-9)8-19-15-13(17)6-12(16)7-14(15)18/h3-7,19H,8H2,1-2H3. The van der Waals surface area contributed by atoms with Crippen LogP contribution in [-0.2, 0) is 6.54 Å². The lowest BCUT2D eigenvalue weighted by molar-refractivity contribution is 0.586. The highest BCUT2D eigenvalue weighted by atomic mass is 79.9. The molecule has 0 spiro atoms. The first kappa shape index (κ1) is 14.0. The Morgan fingerprint density at radius 3 is 2.00 bits per heavy atom. The van der Waals surface area contributed by atoms with Gasteiger partial charge in [-0.1, -0.05) is 45.3 Å². The molecule has 100 valence electrons. The van der Waals surface area contributed by atoms with Crippen LogP contribution in [0.25, 0.3) is 0 Å². The zero-order valence-electron chi connectivity index (χ0n) is 10.7. The van der Waals surface area contributed by atoms with Crippen molar-refractivity contribution in [1.82, 2.24) is 0 Å². The van der Waals surface area contributed by atoms with Crippen LogP contribution in [0.1, 0.15) is 16.7 Å². The van der Waals surface area contributed by atoms with E-state index in [1.807, 2.05) is 26.0 Å². The van der Waals surface area contributed by atoms with Gasteiger partial charge in [0.1, 0.15) is 17.3 Å². The lowest BCUT2D eigenvalue weighted by Crippen LogP contribution is -2.04. The van der Waals surface area contributed by atoms with Gasteiger partial charge in [-0.15, -0.1) is 0 Å². The Labute approximate surface area is 119 Å². The molecule has 0 saturated heterocycles. The van der Waals surface area contributed by atoms with E-state index in [9.17, 15) is 8.78 Å². The molecule has 0 aliphatic heterocycles. The molecule has 0 aliphatic carbocycles. The quantitative estimate of drug-likeness (QED) is 0.841. The van der Waals surface area contributed by atoms with Crippen LogP contribution in [0.5, 0.6) is 0 Å². The topological polar surface area (TPSA) is 12.0 Å². The van der Waals surface area contributed by atoms with E-state index in [1.54, 1.807) is 0 Å². The molecule has 0 amide bonds. The van der Waals surface area contributed by atoms with E-state index < -0.39 is 11.6 Å². The third-order valence-corrected chi connectivity index (χ3v) is 3.22. The Kier molecular flexibility index (Phi) is 4.20. The number of halogens is 3. The molecular formula is C15H14BrF2N. The fourth-order valence-corrected chi connectivity index (χ4v) is 2.47. The molecule has 2 aromatic carbocycles. The second-order valence-electron chi connectivity index (χ2n) is 4.59. The predicted octanol–water partition coefficient (Wildman–Crippen LogP) is 4.96. The van der Waals surface area contributed by atoms with Gasteiger partial charge in [0.25, 0.3) is 0 Å². The summed E-state index contributed by atoms with van der Waals surface area (Å²) in [5.41, 5.74) is 3.17. The smallest absolute Gasteiger partial charge is 0.150 e. The molecule has 0 aliphatic rings. The van der Waals surface area contributed by atoms with Crippen LogP contribution in [0.3, 0.4) is 0 Å². The van der Waals surface area contributed by atoms with Crippen LogP contribution in [-0.4, -0.2) is 0 Å². The van der Waals surface area contributed by atoms with Gasteiger partial charge in [0.05, 0.1) is 0 Å². The fourth-order valence-electron chi connectivity index (χ4n) is 2.07. The Morgan fingerprint density at radius 2 is 1.47 bits per heavy atom. The van der Waals surface area contributed by atoms with Crippen molar-refractivity contribution in [2.75, 3.05) is 5.32 Å². The highest BCUT2D eigenvalue weighted by molar-refractivity contribution is 9.10. The van der Waals surface area contributed by atoms with E-state index in [2.05, 4.69) is 27.3 Å². The number of hydrogen-bond acceptors (Lipinski definition) is 1. The summed E-state index contributed by atoms with van der Waals surface area (Å²) < 4.78 is 27.7. The molecule has 0 bridgehead atoms. The molecule has 19 heavy (non-hydrogen) atoms. The Morgan fingerprint density at radius 1 is 0.947 bits per heavy atom. The number of benzene rings is 2. The normalized spacial score (nSPS) is 10.6. The van der Waals surface area contributed by atoms with Gasteiger partial charge in [-0.3, -0.25) is 0 Å². The number of nitrogens with one attached hydrogen (secondary N) is 1. The summed E-state index contributed by atoms with van der Waals surface area (Å²) in [6.07, 6.45) is 0. The maximum Gasteiger partial charge on any atom is 0.150 e. The molecule has 0 heterocycles. The number of aryl methyl sites for hydroxylation is 2. The maximum absolute atomic E-state index is 13.6. The van der Waals surface area contributed by atoms with Crippen LogP contribution in [0.2, 0.25) is 0 Å². The Balaban J connectivity index is 2.19. The van der Waals surface area contributed by atoms with E-state index in [0.717, 1.165) is 16.7 Å². The van der Waals surface area contributed by atoms with Gasteiger partial charge in [0.2, 0.25) is 0 Å². The van der Waals surface area contributed by atoms with Crippen LogP contribution in [0.4, 0.5) is 14.5 Å². The van der Waals surface area contributed by atoms with Crippen LogP contribution in [0.15, 0.2) is 34.8 Å². The SMILES string of the molecule is Cc1cc(C)cc(CNc2c(F)cc(Br)cc2F)c1. The summed E-state index contributed by atoms with van der Waals surface area (Å²) in [6.45, 7) is 4.38. The average molecular weight is 326 g/mol. The van der Waals surface area contributed by atoms with Crippen molar-refractivity contribution < 1.29 is 8.78 Å². The molecule has 0 unspecified atom stereocenters. The van der Waals surface area contributed by atoms with Gasteiger partial charge in [0.15, 0.2) is 0 Å². The van der Waals surface area contributed by atoms with Gasteiger partial charge in [0, 0.05) is 11.0 Å². The molecule has 0 fully saturated rings. The van der Waals surface area contributed by atoms with E-state index in [4.69, 9.17) is 0 Å². The van der Waals surface area contributed by atoms with Gasteiger partial charge >= 0.3 is 0 Å². The molecule has 0 saturated carbocycles. The average Bonchev–Trinajstić information content (AvgIpc) is 2.25. The third-order valence-electron chi connectivity index (χ3n) is 2.76. The predicted molar refractivity (Wildman–Crippen MR) is 77.3 cm³/mol. The van der Waals surface area contributed by atoms with Gasteiger partial charge in [-0.25, -0.2) is 8.78 Å². The molecule has 0 radical (unpaired) electrons. The minimum Gasteiger partial charge on any atom is -0.376 e. The second-order valence-corrected chi connectivity index (χ2v) is 5.51. The van der Waals surface area contributed by atoms with Crippen molar-refractivity contribution in [3.8, 4) is 0 Å². The van der Waals surface area contributed by atoms with Gasteiger partial charge in [-0.05, 0) is 31.5 Å². The minimum atomic E-state index is -0.601. The van der Waals surface area contributed by atoms with Crippen molar-refractivity contribution in [3.63, 3.8) is 0 Å². The van der Waals surface area contributed by atoms with E-state index in [0.29, 0.717) is 11.0 Å². The van der Waals surface area contributed by atoms with Crippen LogP contribution >= 0.6 is 15.9 Å². The van der Waals surface area contributed by atoms with Crippen molar-refractivity contribution in [3.05, 3.63) is 63.1 Å². The zero-order chi connectivity index (χ0) is 14.0. The van der Waals surface area contributed by atoms with Crippen molar-refractivity contribution in [2.45, 2.75) is 20.4 Å². The van der Waals surface area contributed by atoms with Crippen molar-refractivity contribution >= 4 is 21.6 Å². The zero-order valence-corrected chi connectivity index (χ0v) is 12.3. The lowest BCUT2D eigenvalue weighted by Gasteiger charge is -2.10. The summed E-state index contributed by atoms with van der Waals surface area (Å²) in [5, 5.41) is 2.81. The number of rotatable bonds is 3. The van der Waals surface area contributed by atoms with Crippen LogP contribution in [0, 0.1) is 25.5 Å². The van der Waals surface area contributed by atoms with Crippen molar-refractivity contribution in [2.24, 2.45) is 0 Å². The number of anilines is 1.